The van der Waals surface area contributed by atoms with Gasteiger partial charge in [0.2, 0.25) is 0 Å². The molecule has 0 spiro atoms. The molecule has 3 rings (SSSR count). The third-order valence-electron chi connectivity index (χ3n) is 3.04. The lowest BCUT2D eigenvalue weighted by atomic mass is 10.2. The Balaban J connectivity index is 1.79. The largest absolute Gasteiger partial charge is 0.290 e. The first-order chi connectivity index (χ1) is 10.6. The molecule has 1 aromatic heterocycles. The Bertz CT molecular complexity index is 696. The SMILES string of the molecule is O=C(NN1C(=O)CS[C@@H]1c1ccc(Cl)cc1)c1cnccn1. The van der Waals surface area contributed by atoms with Crippen molar-refractivity contribution in [3.8, 4) is 0 Å². The molecule has 0 radical (unpaired) electrons. The number of amides is 2. The molecule has 2 aromatic rings. The Morgan fingerprint density at radius 1 is 1.32 bits per heavy atom. The normalized spacial score (nSPS) is 17.6. The third kappa shape index (κ3) is 3.05. The van der Waals surface area contributed by atoms with Crippen molar-refractivity contribution in [3.63, 3.8) is 0 Å². The van der Waals surface area contributed by atoms with E-state index in [1.54, 1.807) is 12.1 Å². The summed E-state index contributed by atoms with van der Waals surface area (Å²) in [6.45, 7) is 0. The van der Waals surface area contributed by atoms with Crippen LogP contribution in [0.3, 0.4) is 0 Å². The Labute approximate surface area is 135 Å². The molecule has 8 heteroatoms. The van der Waals surface area contributed by atoms with Crippen LogP contribution in [0.2, 0.25) is 5.02 Å². The van der Waals surface area contributed by atoms with E-state index in [0.29, 0.717) is 10.8 Å². The molecular formula is C14H11ClN4O2S. The number of nitrogens with one attached hydrogen (secondary N) is 1. The van der Waals surface area contributed by atoms with Crippen LogP contribution in [0.25, 0.3) is 0 Å². The van der Waals surface area contributed by atoms with Crippen LogP contribution in [0.15, 0.2) is 42.9 Å². The van der Waals surface area contributed by atoms with Crippen molar-refractivity contribution >= 4 is 35.2 Å². The topological polar surface area (TPSA) is 75.2 Å². The smallest absolute Gasteiger partial charge is 0.272 e. The van der Waals surface area contributed by atoms with Crippen LogP contribution in [-0.4, -0.2) is 32.5 Å². The highest BCUT2D eigenvalue weighted by Crippen LogP contribution is 2.37. The molecule has 0 bridgehead atoms. The molecule has 1 saturated heterocycles. The molecule has 1 aliphatic rings. The van der Waals surface area contributed by atoms with Gasteiger partial charge in [0.1, 0.15) is 11.1 Å². The predicted octanol–water partition coefficient (Wildman–Crippen LogP) is 2.05. The van der Waals surface area contributed by atoms with Gasteiger partial charge >= 0.3 is 0 Å². The summed E-state index contributed by atoms with van der Waals surface area (Å²) < 4.78 is 0. The minimum absolute atomic E-state index is 0.155. The fourth-order valence-electron chi connectivity index (χ4n) is 2.00. The number of benzene rings is 1. The number of thioether (sulfide) groups is 1. The Hall–Kier alpha value is -2.12. The van der Waals surface area contributed by atoms with Crippen LogP contribution in [0.5, 0.6) is 0 Å². The van der Waals surface area contributed by atoms with E-state index in [0.717, 1.165) is 5.56 Å². The zero-order valence-corrected chi connectivity index (χ0v) is 12.8. The maximum absolute atomic E-state index is 12.1. The number of carbonyl (C=O) groups excluding carboxylic acids is 2. The van der Waals surface area contributed by atoms with Crippen molar-refractivity contribution in [1.82, 2.24) is 20.4 Å². The number of carbonyl (C=O) groups is 2. The quantitative estimate of drug-likeness (QED) is 0.929. The van der Waals surface area contributed by atoms with E-state index >= 15 is 0 Å². The van der Waals surface area contributed by atoms with Crippen LogP contribution in [0.4, 0.5) is 0 Å². The first-order valence-electron chi connectivity index (χ1n) is 6.41. The Morgan fingerprint density at radius 2 is 2.09 bits per heavy atom. The van der Waals surface area contributed by atoms with E-state index in [1.165, 1.54) is 35.4 Å². The van der Waals surface area contributed by atoms with Crippen LogP contribution in [0.1, 0.15) is 21.4 Å². The number of aromatic nitrogens is 2. The summed E-state index contributed by atoms with van der Waals surface area (Å²) in [5, 5.41) is 1.66. The highest BCUT2D eigenvalue weighted by atomic mass is 35.5. The van der Waals surface area contributed by atoms with Gasteiger partial charge in [-0.05, 0) is 17.7 Å². The van der Waals surface area contributed by atoms with Gasteiger partial charge in [0.05, 0.1) is 11.9 Å². The Morgan fingerprint density at radius 3 is 2.77 bits per heavy atom. The molecule has 2 heterocycles. The molecule has 1 atom stereocenters. The molecule has 1 fully saturated rings. The standard InChI is InChI=1S/C14H11ClN4O2S/c15-10-3-1-9(2-4-10)14-19(12(20)8-22-14)18-13(21)11-7-16-5-6-17-11/h1-7,14H,8H2,(H,18,21)/t14-/m1/s1. The monoisotopic (exact) mass is 334 g/mol. The summed E-state index contributed by atoms with van der Waals surface area (Å²) in [4.78, 5) is 31.9. The maximum atomic E-state index is 12.1. The molecule has 6 nitrogen and oxygen atoms in total. The van der Waals surface area contributed by atoms with Gasteiger partial charge in [-0.25, -0.2) is 9.99 Å². The second-order valence-electron chi connectivity index (χ2n) is 4.51. The predicted molar refractivity (Wildman–Crippen MR) is 83.0 cm³/mol. The van der Waals surface area contributed by atoms with Gasteiger partial charge in [0.15, 0.2) is 0 Å². The molecule has 1 aliphatic heterocycles. The zero-order chi connectivity index (χ0) is 15.5. The zero-order valence-electron chi connectivity index (χ0n) is 11.3. The van der Waals surface area contributed by atoms with Crippen LogP contribution in [0, 0.1) is 0 Å². The summed E-state index contributed by atoms with van der Waals surface area (Å²) in [7, 11) is 0. The minimum Gasteiger partial charge on any atom is -0.272 e. The van der Waals surface area contributed by atoms with Crippen molar-refractivity contribution in [2.45, 2.75) is 5.37 Å². The molecule has 2 amide bonds. The fourth-order valence-corrected chi connectivity index (χ4v) is 3.24. The first kappa shape index (κ1) is 14.8. The van der Waals surface area contributed by atoms with Gasteiger partial charge in [-0.15, -0.1) is 11.8 Å². The summed E-state index contributed by atoms with van der Waals surface area (Å²) in [6.07, 6.45) is 4.25. The molecular weight excluding hydrogens is 324 g/mol. The summed E-state index contributed by atoms with van der Waals surface area (Å²) in [5.74, 6) is -0.335. The van der Waals surface area contributed by atoms with E-state index < -0.39 is 5.91 Å². The number of hydrazine groups is 1. The van der Waals surface area contributed by atoms with Crippen molar-refractivity contribution in [2.24, 2.45) is 0 Å². The number of hydrogen-bond acceptors (Lipinski definition) is 5. The van der Waals surface area contributed by atoms with Gasteiger partial charge < -0.3 is 0 Å². The minimum atomic E-state index is -0.470. The van der Waals surface area contributed by atoms with Gasteiger partial charge in [-0.1, -0.05) is 23.7 Å². The number of halogens is 1. The average molecular weight is 335 g/mol. The number of hydrogen-bond donors (Lipinski definition) is 1. The summed E-state index contributed by atoms with van der Waals surface area (Å²) >= 11 is 7.31. The van der Waals surface area contributed by atoms with E-state index in [4.69, 9.17) is 11.6 Å². The average Bonchev–Trinajstić information content (AvgIpc) is 2.90. The van der Waals surface area contributed by atoms with Crippen molar-refractivity contribution in [2.75, 3.05) is 5.75 Å². The van der Waals surface area contributed by atoms with E-state index in [-0.39, 0.29) is 17.0 Å². The van der Waals surface area contributed by atoms with Crippen molar-refractivity contribution in [3.05, 3.63) is 59.1 Å². The number of nitrogens with zero attached hydrogens (tertiary/aromatic N) is 3. The summed E-state index contributed by atoms with van der Waals surface area (Å²) in [6, 6.07) is 7.17. The van der Waals surface area contributed by atoms with Crippen molar-refractivity contribution in [1.29, 1.82) is 0 Å². The number of rotatable bonds is 3. The van der Waals surface area contributed by atoms with Gasteiger partial charge in [0.25, 0.3) is 11.8 Å². The van der Waals surface area contributed by atoms with Crippen LogP contribution in [-0.2, 0) is 4.79 Å². The lowest BCUT2D eigenvalue weighted by Crippen LogP contribution is -2.44. The molecule has 22 heavy (non-hydrogen) atoms. The van der Waals surface area contributed by atoms with E-state index in [2.05, 4.69) is 15.4 Å². The second kappa shape index (κ2) is 6.33. The first-order valence-corrected chi connectivity index (χ1v) is 7.84. The molecule has 1 N–H and O–H groups in total. The third-order valence-corrected chi connectivity index (χ3v) is 4.51. The van der Waals surface area contributed by atoms with Crippen LogP contribution < -0.4 is 5.43 Å². The molecule has 0 aliphatic carbocycles. The highest BCUT2D eigenvalue weighted by Gasteiger charge is 2.34. The fraction of sp³-hybridized carbons (Fsp3) is 0.143. The lowest BCUT2D eigenvalue weighted by molar-refractivity contribution is -0.130. The van der Waals surface area contributed by atoms with Gasteiger partial charge in [-0.3, -0.25) is 20.0 Å². The molecule has 1 aromatic carbocycles. The highest BCUT2D eigenvalue weighted by molar-refractivity contribution is 8.00. The van der Waals surface area contributed by atoms with E-state index in [1.807, 2.05) is 12.1 Å². The van der Waals surface area contributed by atoms with E-state index in [9.17, 15) is 9.59 Å². The second-order valence-corrected chi connectivity index (χ2v) is 6.02. The molecule has 0 saturated carbocycles. The van der Waals surface area contributed by atoms with Crippen molar-refractivity contribution < 1.29 is 9.59 Å². The lowest BCUT2D eigenvalue weighted by Gasteiger charge is -2.24. The molecule has 112 valence electrons. The maximum Gasteiger partial charge on any atom is 0.290 e. The van der Waals surface area contributed by atoms with Crippen LogP contribution >= 0.6 is 23.4 Å². The van der Waals surface area contributed by atoms with Gasteiger partial charge in [-0.2, -0.15) is 0 Å². The molecule has 0 unspecified atom stereocenters. The van der Waals surface area contributed by atoms with Gasteiger partial charge in [0, 0.05) is 17.4 Å². The Kier molecular flexibility index (Phi) is 4.26. The summed E-state index contributed by atoms with van der Waals surface area (Å²) in [5.41, 5.74) is 3.64.